The summed E-state index contributed by atoms with van der Waals surface area (Å²) in [6.45, 7) is 6.72. The summed E-state index contributed by atoms with van der Waals surface area (Å²) in [6.07, 6.45) is 0.261. The first-order valence-electron chi connectivity index (χ1n) is 9.64. The van der Waals surface area contributed by atoms with Crippen molar-refractivity contribution >= 4 is 11.8 Å². The van der Waals surface area contributed by atoms with Crippen LogP contribution in [0.1, 0.15) is 25.0 Å². The second kappa shape index (κ2) is 10.5. The highest BCUT2D eigenvalue weighted by Crippen LogP contribution is 2.12. The Balaban J connectivity index is 1.87. The molecule has 0 bridgehead atoms. The number of likely N-dealkylation sites (N-methyl/N-ethyl adjacent to an activating group) is 1. The van der Waals surface area contributed by atoms with Crippen LogP contribution in [0.25, 0.3) is 0 Å². The zero-order chi connectivity index (χ0) is 20.5. The van der Waals surface area contributed by atoms with Crippen LogP contribution < -0.4 is 10.1 Å². The summed E-state index contributed by atoms with van der Waals surface area (Å²) in [5.74, 6) is 0.525. The zero-order valence-corrected chi connectivity index (χ0v) is 17.1. The van der Waals surface area contributed by atoms with Crippen LogP contribution in [0.5, 0.6) is 5.75 Å². The van der Waals surface area contributed by atoms with E-state index in [2.05, 4.69) is 5.32 Å². The van der Waals surface area contributed by atoms with Crippen molar-refractivity contribution < 1.29 is 14.3 Å². The third-order valence-corrected chi connectivity index (χ3v) is 4.52. The molecule has 0 aromatic heterocycles. The summed E-state index contributed by atoms with van der Waals surface area (Å²) in [6, 6.07) is 16.8. The molecule has 0 aliphatic rings. The van der Waals surface area contributed by atoms with Gasteiger partial charge in [0, 0.05) is 7.05 Å². The van der Waals surface area contributed by atoms with Gasteiger partial charge in [-0.3, -0.25) is 9.59 Å². The Kier molecular flexibility index (Phi) is 8.05. The minimum Gasteiger partial charge on any atom is -0.492 e. The minimum absolute atomic E-state index is 0.00707. The number of amides is 2. The van der Waals surface area contributed by atoms with E-state index in [-0.39, 0.29) is 24.2 Å². The van der Waals surface area contributed by atoms with Crippen molar-refractivity contribution in [2.75, 3.05) is 20.2 Å². The number of ether oxygens (including phenoxy) is 1. The predicted molar refractivity (Wildman–Crippen MR) is 111 cm³/mol. The van der Waals surface area contributed by atoms with Gasteiger partial charge in [0.1, 0.15) is 18.4 Å². The molecule has 0 heterocycles. The van der Waals surface area contributed by atoms with Crippen LogP contribution in [-0.4, -0.2) is 43.0 Å². The molecule has 2 aromatic carbocycles. The number of hydrogen-bond acceptors (Lipinski definition) is 3. The topological polar surface area (TPSA) is 58.6 Å². The molecule has 0 saturated carbocycles. The van der Waals surface area contributed by atoms with Crippen molar-refractivity contribution in [3.8, 4) is 5.75 Å². The maximum atomic E-state index is 12.8. The molecule has 0 fully saturated rings. The lowest BCUT2D eigenvalue weighted by atomic mass is 10.0. The van der Waals surface area contributed by atoms with E-state index < -0.39 is 6.04 Å². The molecule has 0 aliphatic carbocycles. The van der Waals surface area contributed by atoms with Gasteiger partial charge in [0.2, 0.25) is 11.8 Å². The molecule has 150 valence electrons. The molecule has 2 aromatic rings. The van der Waals surface area contributed by atoms with E-state index in [1.807, 2.05) is 75.4 Å². The second-order valence-electron chi connectivity index (χ2n) is 7.38. The van der Waals surface area contributed by atoms with Crippen molar-refractivity contribution in [2.24, 2.45) is 5.92 Å². The highest BCUT2D eigenvalue weighted by molar-refractivity contribution is 5.88. The molecule has 1 N–H and O–H groups in total. The molecular formula is C23H30N2O3. The Morgan fingerprint density at radius 2 is 1.79 bits per heavy atom. The molecule has 0 saturated heterocycles. The van der Waals surface area contributed by atoms with E-state index in [1.54, 1.807) is 11.9 Å². The van der Waals surface area contributed by atoms with Crippen LogP contribution in [-0.2, 0) is 16.0 Å². The average molecular weight is 383 g/mol. The fraction of sp³-hybridized carbons (Fsp3) is 0.391. The molecule has 0 radical (unpaired) electrons. The van der Waals surface area contributed by atoms with Gasteiger partial charge in [-0.1, -0.05) is 56.3 Å². The fourth-order valence-corrected chi connectivity index (χ4v) is 2.87. The first-order valence-corrected chi connectivity index (χ1v) is 9.64. The van der Waals surface area contributed by atoms with Gasteiger partial charge < -0.3 is 15.0 Å². The van der Waals surface area contributed by atoms with Gasteiger partial charge in [0.25, 0.3) is 0 Å². The number of benzene rings is 2. The Morgan fingerprint density at radius 3 is 2.43 bits per heavy atom. The number of aryl methyl sites for hydroxylation is 1. The normalized spacial score (nSPS) is 11.8. The smallest absolute Gasteiger partial charge is 0.245 e. The summed E-state index contributed by atoms with van der Waals surface area (Å²) in [5.41, 5.74) is 2.05. The van der Waals surface area contributed by atoms with Gasteiger partial charge in [-0.05, 0) is 36.1 Å². The number of carbonyl (C=O) groups is 2. The highest BCUT2D eigenvalue weighted by atomic mass is 16.5. The number of rotatable bonds is 9. The van der Waals surface area contributed by atoms with Crippen LogP contribution in [0.15, 0.2) is 54.6 Å². The summed E-state index contributed by atoms with van der Waals surface area (Å²) >= 11 is 0. The van der Waals surface area contributed by atoms with Gasteiger partial charge in [-0.15, -0.1) is 0 Å². The van der Waals surface area contributed by atoms with Crippen LogP contribution in [0.4, 0.5) is 0 Å². The maximum Gasteiger partial charge on any atom is 0.245 e. The molecular weight excluding hydrogens is 352 g/mol. The van der Waals surface area contributed by atoms with Crippen molar-refractivity contribution in [3.05, 3.63) is 65.7 Å². The highest BCUT2D eigenvalue weighted by Gasteiger charge is 2.26. The zero-order valence-electron chi connectivity index (χ0n) is 17.1. The number of nitrogens with one attached hydrogen (secondary N) is 1. The lowest BCUT2D eigenvalue weighted by molar-refractivity contribution is -0.136. The Morgan fingerprint density at radius 1 is 1.07 bits per heavy atom. The van der Waals surface area contributed by atoms with Crippen LogP contribution in [0.3, 0.4) is 0 Å². The molecule has 1 unspecified atom stereocenters. The van der Waals surface area contributed by atoms with E-state index in [1.165, 1.54) is 0 Å². The Labute approximate surface area is 167 Å². The standard InChI is InChI=1S/C23H30N2O3/c1-17(2)22(24-21(26)16-19-10-6-5-7-11-19)23(27)25(4)13-14-28-20-12-8-9-18(3)15-20/h5-12,15,17,22H,13-14,16H2,1-4H3,(H,24,26). The second-order valence-corrected chi connectivity index (χ2v) is 7.38. The minimum atomic E-state index is -0.555. The third-order valence-electron chi connectivity index (χ3n) is 4.52. The van der Waals surface area contributed by atoms with Gasteiger partial charge in [0.05, 0.1) is 13.0 Å². The average Bonchev–Trinajstić information content (AvgIpc) is 2.66. The number of nitrogens with zero attached hydrogens (tertiary/aromatic N) is 1. The van der Waals surface area contributed by atoms with E-state index in [9.17, 15) is 9.59 Å². The molecule has 5 heteroatoms. The maximum absolute atomic E-state index is 12.8. The van der Waals surface area contributed by atoms with E-state index in [4.69, 9.17) is 4.74 Å². The van der Waals surface area contributed by atoms with Crippen LogP contribution >= 0.6 is 0 Å². The van der Waals surface area contributed by atoms with E-state index in [0.29, 0.717) is 13.2 Å². The molecule has 0 spiro atoms. The summed E-state index contributed by atoms with van der Waals surface area (Å²) in [5, 5.41) is 2.89. The summed E-state index contributed by atoms with van der Waals surface area (Å²) in [7, 11) is 1.74. The number of carbonyl (C=O) groups excluding carboxylic acids is 2. The first kappa shape index (κ1) is 21.5. The lowest BCUT2D eigenvalue weighted by Crippen LogP contribution is -2.51. The molecule has 2 amide bonds. The third kappa shape index (κ3) is 6.72. The largest absolute Gasteiger partial charge is 0.492 e. The fourth-order valence-electron chi connectivity index (χ4n) is 2.87. The van der Waals surface area contributed by atoms with E-state index in [0.717, 1.165) is 16.9 Å². The Bertz CT molecular complexity index is 774. The monoisotopic (exact) mass is 382 g/mol. The Hall–Kier alpha value is -2.82. The van der Waals surface area contributed by atoms with E-state index >= 15 is 0 Å². The molecule has 28 heavy (non-hydrogen) atoms. The number of hydrogen-bond donors (Lipinski definition) is 1. The van der Waals surface area contributed by atoms with Crippen molar-refractivity contribution in [3.63, 3.8) is 0 Å². The molecule has 1 atom stereocenters. The van der Waals surface area contributed by atoms with Crippen molar-refractivity contribution in [2.45, 2.75) is 33.2 Å². The van der Waals surface area contributed by atoms with Gasteiger partial charge >= 0.3 is 0 Å². The molecule has 0 aliphatic heterocycles. The predicted octanol–water partition coefficient (Wildman–Crippen LogP) is 3.22. The SMILES string of the molecule is Cc1cccc(OCCN(C)C(=O)C(NC(=O)Cc2ccccc2)C(C)C)c1. The summed E-state index contributed by atoms with van der Waals surface area (Å²) in [4.78, 5) is 26.8. The van der Waals surface area contributed by atoms with Gasteiger partial charge in [-0.2, -0.15) is 0 Å². The van der Waals surface area contributed by atoms with Gasteiger partial charge in [-0.25, -0.2) is 0 Å². The van der Waals surface area contributed by atoms with Gasteiger partial charge in [0.15, 0.2) is 0 Å². The quantitative estimate of drug-likeness (QED) is 0.724. The summed E-state index contributed by atoms with van der Waals surface area (Å²) < 4.78 is 5.73. The van der Waals surface area contributed by atoms with Crippen molar-refractivity contribution in [1.82, 2.24) is 10.2 Å². The molecule has 2 rings (SSSR count). The lowest BCUT2D eigenvalue weighted by Gasteiger charge is -2.27. The van der Waals surface area contributed by atoms with Crippen LogP contribution in [0, 0.1) is 12.8 Å². The van der Waals surface area contributed by atoms with Crippen molar-refractivity contribution in [1.29, 1.82) is 0 Å². The first-order chi connectivity index (χ1) is 13.4. The van der Waals surface area contributed by atoms with Crippen LogP contribution in [0.2, 0.25) is 0 Å². The molecule has 5 nitrogen and oxygen atoms in total.